The van der Waals surface area contributed by atoms with Crippen molar-refractivity contribution in [2.45, 2.75) is 18.5 Å². The van der Waals surface area contributed by atoms with Crippen LogP contribution in [0.15, 0.2) is 54.6 Å². The second kappa shape index (κ2) is 4.72. The fraction of sp³-hybridized carbons (Fsp3) is 0.333. The van der Waals surface area contributed by atoms with Crippen LogP contribution in [0.25, 0.3) is 0 Å². The van der Waals surface area contributed by atoms with Crippen molar-refractivity contribution in [3.63, 3.8) is 0 Å². The maximum Gasteiger partial charge on any atom is 0.0633 e. The van der Waals surface area contributed by atoms with Crippen LogP contribution in [0.1, 0.15) is 16.7 Å². The molecule has 0 amide bonds. The van der Waals surface area contributed by atoms with Crippen LogP contribution < -0.4 is 5.32 Å². The van der Waals surface area contributed by atoms with Gasteiger partial charge in [0.1, 0.15) is 0 Å². The Bertz CT molecular complexity index is 608. The number of nitrogens with zero attached hydrogens (tertiary/aromatic N) is 1. The highest BCUT2D eigenvalue weighted by Crippen LogP contribution is 2.42. The van der Waals surface area contributed by atoms with Crippen LogP contribution in [0, 0.1) is 0 Å². The molecular weight excluding hydrogens is 244 g/mol. The second-order valence-corrected chi connectivity index (χ2v) is 5.95. The molecule has 1 saturated heterocycles. The topological polar surface area (TPSA) is 15.3 Å². The summed E-state index contributed by atoms with van der Waals surface area (Å²) in [4.78, 5) is 2.67. The Morgan fingerprint density at radius 3 is 2.70 bits per heavy atom. The predicted octanol–water partition coefficient (Wildman–Crippen LogP) is 2.54. The van der Waals surface area contributed by atoms with E-state index in [2.05, 4.69) is 64.8 Å². The van der Waals surface area contributed by atoms with Crippen molar-refractivity contribution in [2.24, 2.45) is 0 Å². The monoisotopic (exact) mass is 264 g/mol. The van der Waals surface area contributed by atoms with Gasteiger partial charge in [0.15, 0.2) is 0 Å². The van der Waals surface area contributed by atoms with E-state index in [4.69, 9.17) is 0 Å². The minimum absolute atomic E-state index is 0.149. The largest absolute Gasteiger partial charge is 0.313 e. The predicted molar refractivity (Wildman–Crippen MR) is 81.5 cm³/mol. The molecule has 0 bridgehead atoms. The third-order valence-corrected chi connectivity index (χ3v) is 4.80. The molecule has 2 heteroatoms. The van der Waals surface area contributed by atoms with Crippen molar-refractivity contribution in [1.29, 1.82) is 0 Å². The van der Waals surface area contributed by atoms with E-state index in [0.717, 1.165) is 32.6 Å². The van der Waals surface area contributed by atoms with Crippen LogP contribution >= 0.6 is 0 Å². The number of fused-ring (bicyclic) bond motifs is 3. The van der Waals surface area contributed by atoms with Gasteiger partial charge in [-0.05, 0) is 23.1 Å². The Morgan fingerprint density at radius 2 is 1.80 bits per heavy atom. The lowest BCUT2D eigenvalue weighted by molar-refractivity contribution is 0.0718. The summed E-state index contributed by atoms with van der Waals surface area (Å²) in [6, 6.07) is 19.9. The lowest BCUT2D eigenvalue weighted by atomic mass is 9.82. The number of piperazine rings is 1. The van der Waals surface area contributed by atoms with Crippen molar-refractivity contribution < 1.29 is 0 Å². The van der Waals surface area contributed by atoms with Gasteiger partial charge in [-0.3, -0.25) is 4.90 Å². The molecule has 102 valence electrons. The zero-order valence-corrected chi connectivity index (χ0v) is 11.7. The molecule has 2 aromatic carbocycles. The summed E-state index contributed by atoms with van der Waals surface area (Å²) >= 11 is 0. The van der Waals surface area contributed by atoms with Crippen LogP contribution in [0.2, 0.25) is 0 Å². The first kappa shape index (κ1) is 12.1. The van der Waals surface area contributed by atoms with E-state index in [1.807, 2.05) is 0 Å². The lowest BCUT2D eigenvalue weighted by Crippen LogP contribution is -2.56. The van der Waals surface area contributed by atoms with Crippen molar-refractivity contribution in [1.82, 2.24) is 10.2 Å². The fourth-order valence-electron chi connectivity index (χ4n) is 3.85. The average Bonchev–Trinajstić information content (AvgIpc) is 2.83. The minimum atomic E-state index is 0.149. The van der Waals surface area contributed by atoms with Gasteiger partial charge in [-0.15, -0.1) is 0 Å². The molecule has 1 N–H and O–H groups in total. The van der Waals surface area contributed by atoms with Crippen LogP contribution in [-0.2, 0) is 18.5 Å². The molecule has 0 aliphatic carbocycles. The number of nitrogens with one attached hydrogen (secondary N) is 1. The van der Waals surface area contributed by atoms with Crippen LogP contribution in [0.4, 0.5) is 0 Å². The molecule has 1 atom stereocenters. The van der Waals surface area contributed by atoms with Gasteiger partial charge in [0.05, 0.1) is 5.54 Å². The van der Waals surface area contributed by atoms with E-state index in [1.165, 1.54) is 16.7 Å². The maximum atomic E-state index is 3.62. The first-order chi connectivity index (χ1) is 9.88. The van der Waals surface area contributed by atoms with Crippen molar-refractivity contribution in [2.75, 3.05) is 19.6 Å². The molecule has 20 heavy (non-hydrogen) atoms. The van der Waals surface area contributed by atoms with Crippen molar-refractivity contribution >= 4 is 0 Å². The summed E-state index contributed by atoms with van der Waals surface area (Å²) in [5.41, 5.74) is 4.61. The van der Waals surface area contributed by atoms with E-state index in [9.17, 15) is 0 Å². The van der Waals surface area contributed by atoms with Gasteiger partial charge in [0.2, 0.25) is 0 Å². The van der Waals surface area contributed by atoms with Crippen LogP contribution in [0.5, 0.6) is 0 Å². The normalized spacial score (nSPS) is 25.2. The van der Waals surface area contributed by atoms with Gasteiger partial charge in [-0.2, -0.15) is 0 Å². The van der Waals surface area contributed by atoms with E-state index < -0.39 is 0 Å². The van der Waals surface area contributed by atoms with Crippen LogP contribution in [0.3, 0.4) is 0 Å². The highest BCUT2D eigenvalue weighted by molar-refractivity contribution is 5.41. The molecule has 1 unspecified atom stereocenters. The average molecular weight is 264 g/mol. The highest BCUT2D eigenvalue weighted by Gasteiger charge is 2.45. The SMILES string of the molecule is c1ccc(CC23CNCCN2Cc2ccccc23)cc1. The minimum Gasteiger partial charge on any atom is -0.313 e. The van der Waals surface area contributed by atoms with E-state index >= 15 is 0 Å². The van der Waals surface area contributed by atoms with Gasteiger partial charge in [-0.1, -0.05) is 54.6 Å². The maximum absolute atomic E-state index is 3.62. The Balaban J connectivity index is 1.79. The molecule has 2 heterocycles. The van der Waals surface area contributed by atoms with E-state index in [0.29, 0.717) is 0 Å². The molecule has 0 radical (unpaired) electrons. The number of hydrogen-bond donors (Lipinski definition) is 1. The smallest absolute Gasteiger partial charge is 0.0633 e. The Hall–Kier alpha value is -1.64. The summed E-state index contributed by atoms with van der Waals surface area (Å²) < 4.78 is 0. The molecule has 0 saturated carbocycles. The van der Waals surface area contributed by atoms with Crippen molar-refractivity contribution in [3.05, 3.63) is 71.3 Å². The molecule has 0 spiro atoms. The number of rotatable bonds is 2. The van der Waals surface area contributed by atoms with Gasteiger partial charge < -0.3 is 5.32 Å². The van der Waals surface area contributed by atoms with E-state index in [-0.39, 0.29) is 5.54 Å². The summed E-state index contributed by atoms with van der Waals surface area (Å²) in [6.45, 7) is 4.40. The van der Waals surface area contributed by atoms with Gasteiger partial charge in [0.25, 0.3) is 0 Å². The zero-order valence-electron chi connectivity index (χ0n) is 11.7. The molecule has 0 aromatic heterocycles. The van der Waals surface area contributed by atoms with Crippen LogP contribution in [-0.4, -0.2) is 24.5 Å². The first-order valence-corrected chi connectivity index (χ1v) is 7.47. The fourth-order valence-corrected chi connectivity index (χ4v) is 3.85. The third kappa shape index (κ3) is 1.80. The van der Waals surface area contributed by atoms with Gasteiger partial charge in [0, 0.05) is 26.2 Å². The quantitative estimate of drug-likeness (QED) is 0.896. The Kier molecular flexibility index (Phi) is 2.86. The standard InChI is InChI=1S/C18H20N2/c1-2-6-15(7-3-1)12-18-14-19-10-11-20(18)13-16-8-4-5-9-17(16)18/h1-9,19H,10-14H2. The second-order valence-electron chi connectivity index (χ2n) is 5.95. The first-order valence-electron chi connectivity index (χ1n) is 7.47. The molecule has 4 rings (SSSR count). The number of benzene rings is 2. The molecule has 2 aliphatic heterocycles. The lowest BCUT2D eigenvalue weighted by Gasteiger charge is -2.43. The Labute approximate surface area is 120 Å². The Morgan fingerprint density at radius 1 is 1.00 bits per heavy atom. The zero-order chi connectivity index (χ0) is 13.4. The third-order valence-electron chi connectivity index (χ3n) is 4.80. The molecule has 2 nitrogen and oxygen atoms in total. The summed E-state index contributed by atoms with van der Waals surface area (Å²) in [5.74, 6) is 0. The highest BCUT2D eigenvalue weighted by atomic mass is 15.3. The molecule has 2 aromatic rings. The van der Waals surface area contributed by atoms with Gasteiger partial charge in [-0.25, -0.2) is 0 Å². The summed E-state index contributed by atoms with van der Waals surface area (Å²) in [7, 11) is 0. The molecular formula is C18H20N2. The number of hydrogen-bond acceptors (Lipinski definition) is 2. The summed E-state index contributed by atoms with van der Waals surface area (Å²) in [5, 5.41) is 3.62. The van der Waals surface area contributed by atoms with Crippen molar-refractivity contribution in [3.8, 4) is 0 Å². The summed E-state index contributed by atoms with van der Waals surface area (Å²) in [6.07, 6.45) is 1.10. The molecule has 1 fully saturated rings. The van der Waals surface area contributed by atoms with E-state index in [1.54, 1.807) is 0 Å². The molecule has 2 aliphatic rings. The van der Waals surface area contributed by atoms with Gasteiger partial charge >= 0.3 is 0 Å².